The van der Waals surface area contributed by atoms with Gasteiger partial charge in [-0.25, -0.2) is 13.1 Å². The Morgan fingerprint density at radius 1 is 1.43 bits per heavy atom. The van der Waals surface area contributed by atoms with Gasteiger partial charge in [0.25, 0.3) is 0 Å². The minimum absolute atomic E-state index is 0.157. The maximum atomic E-state index is 12.2. The molecule has 1 fully saturated rings. The molecule has 0 spiro atoms. The molecule has 1 aromatic carbocycles. The van der Waals surface area contributed by atoms with Gasteiger partial charge in [0.15, 0.2) is 0 Å². The van der Waals surface area contributed by atoms with Crippen molar-refractivity contribution in [2.24, 2.45) is 0 Å². The van der Waals surface area contributed by atoms with Gasteiger partial charge in [-0.3, -0.25) is 4.79 Å². The zero-order valence-corrected chi connectivity index (χ0v) is 13.8. The number of sulfonamides is 1. The number of hydrogen-bond acceptors (Lipinski definition) is 4. The van der Waals surface area contributed by atoms with E-state index in [1.807, 2.05) is 18.2 Å². The van der Waals surface area contributed by atoms with Gasteiger partial charge in [0.1, 0.15) is 5.75 Å². The maximum Gasteiger partial charge on any atom is 0.246 e. The lowest BCUT2D eigenvalue weighted by atomic mass is 10.1. The molecule has 0 bridgehead atoms. The fourth-order valence-electron chi connectivity index (χ4n) is 2.93. The third kappa shape index (κ3) is 3.40. The summed E-state index contributed by atoms with van der Waals surface area (Å²) >= 11 is 0. The number of benzene rings is 1. The highest BCUT2D eigenvalue weighted by atomic mass is 32.2. The van der Waals surface area contributed by atoms with Crippen molar-refractivity contribution >= 4 is 22.0 Å². The van der Waals surface area contributed by atoms with Gasteiger partial charge in [-0.1, -0.05) is 6.07 Å². The first-order valence-electron chi connectivity index (χ1n) is 7.64. The monoisotopic (exact) mass is 336 g/mol. The molecule has 1 atom stereocenters. The summed E-state index contributed by atoms with van der Waals surface area (Å²) in [6, 6.07) is 5.84. The van der Waals surface area contributed by atoms with Crippen LogP contribution >= 0.6 is 0 Å². The smallest absolute Gasteiger partial charge is 0.246 e. The molecule has 1 N–H and O–H groups in total. The lowest BCUT2D eigenvalue weighted by molar-refractivity contribution is -0.124. The first-order valence-corrected chi connectivity index (χ1v) is 9.19. The second-order valence-corrected chi connectivity index (χ2v) is 7.91. The Balaban J connectivity index is 1.63. The number of nitrogens with one attached hydrogen (secondary N) is 1. The highest BCUT2D eigenvalue weighted by Gasteiger charge is 2.33. The van der Waals surface area contributed by atoms with E-state index >= 15 is 0 Å². The van der Waals surface area contributed by atoms with E-state index in [0.717, 1.165) is 23.3 Å². The van der Waals surface area contributed by atoms with Gasteiger partial charge >= 0.3 is 0 Å². The van der Waals surface area contributed by atoms with E-state index in [1.54, 1.807) is 11.0 Å². The van der Waals surface area contributed by atoms with E-state index in [1.165, 1.54) is 13.1 Å². The van der Waals surface area contributed by atoms with Crippen molar-refractivity contribution in [3.05, 3.63) is 35.4 Å². The van der Waals surface area contributed by atoms with Crippen LogP contribution in [0, 0.1) is 0 Å². The van der Waals surface area contributed by atoms with Crippen molar-refractivity contribution in [1.82, 2.24) is 9.62 Å². The molecule has 124 valence electrons. The molecular weight excluding hydrogens is 316 g/mol. The first-order chi connectivity index (χ1) is 11.0. The van der Waals surface area contributed by atoms with E-state index in [9.17, 15) is 13.2 Å². The molecule has 3 rings (SSSR count). The molecule has 1 aromatic rings. The number of carbonyl (C=O) groups excluding carboxylic acids is 1. The number of hydrogen-bond donors (Lipinski definition) is 1. The van der Waals surface area contributed by atoms with Crippen LogP contribution in [0.25, 0.3) is 6.08 Å². The minimum atomic E-state index is -3.32. The van der Waals surface area contributed by atoms with Crippen LogP contribution in [0.2, 0.25) is 0 Å². The zero-order valence-electron chi connectivity index (χ0n) is 13.0. The minimum Gasteiger partial charge on any atom is -0.493 e. The number of amides is 1. The maximum absolute atomic E-state index is 12.2. The summed E-state index contributed by atoms with van der Waals surface area (Å²) < 4.78 is 31.3. The fourth-order valence-corrected chi connectivity index (χ4v) is 4.06. The Morgan fingerprint density at radius 2 is 2.26 bits per heavy atom. The van der Waals surface area contributed by atoms with Crippen LogP contribution in [0.5, 0.6) is 5.75 Å². The topological polar surface area (TPSA) is 75.7 Å². The van der Waals surface area contributed by atoms with Crippen LogP contribution in [-0.4, -0.2) is 51.2 Å². The quantitative estimate of drug-likeness (QED) is 0.825. The molecule has 7 heteroatoms. The Hall–Kier alpha value is -1.86. The van der Waals surface area contributed by atoms with Gasteiger partial charge in [-0.2, -0.15) is 0 Å². The highest BCUT2D eigenvalue weighted by molar-refractivity contribution is 7.90. The van der Waals surface area contributed by atoms with Crippen molar-refractivity contribution in [2.45, 2.75) is 18.1 Å². The Bertz CT molecular complexity index is 742. The van der Waals surface area contributed by atoms with Crippen LogP contribution in [0.1, 0.15) is 17.5 Å². The van der Waals surface area contributed by atoms with Gasteiger partial charge in [-0.05, 0) is 42.8 Å². The standard InChI is InChI=1S/C16H20N2O4S/c1-17-23(20,21)14-6-8-18(11-14)16(19)5-3-12-2-4-15-13(10-12)7-9-22-15/h2-5,10,14,17H,6-9,11H2,1H3/b5-3+. The highest BCUT2D eigenvalue weighted by Crippen LogP contribution is 2.26. The van der Waals surface area contributed by atoms with Crippen LogP contribution in [0.3, 0.4) is 0 Å². The molecule has 0 aliphatic carbocycles. The van der Waals surface area contributed by atoms with Crippen molar-refractivity contribution in [2.75, 3.05) is 26.7 Å². The van der Waals surface area contributed by atoms with Crippen molar-refractivity contribution < 1.29 is 17.9 Å². The number of nitrogens with zero attached hydrogens (tertiary/aromatic N) is 1. The second kappa shape index (κ2) is 6.33. The van der Waals surface area contributed by atoms with E-state index in [-0.39, 0.29) is 12.5 Å². The second-order valence-electron chi connectivity index (χ2n) is 5.74. The first kappa shape index (κ1) is 16.0. The molecule has 0 saturated carbocycles. The molecule has 0 aromatic heterocycles. The van der Waals surface area contributed by atoms with Crippen molar-refractivity contribution in [1.29, 1.82) is 0 Å². The summed E-state index contributed by atoms with van der Waals surface area (Å²) in [5.74, 6) is 0.753. The van der Waals surface area contributed by atoms with Crippen molar-refractivity contribution in [3.63, 3.8) is 0 Å². The van der Waals surface area contributed by atoms with E-state index < -0.39 is 15.3 Å². The molecule has 6 nitrogen and oxygen atoms in total. The van der Waals surface area contributed by atoms with Crippen LogP contribution < -0.4 is 9.46 Å². The molecule has 2 aliphatic heterocycles. The van der Waals surface area contributed by atoms with Gasteiger partial charge < -0.3 is 9.64 Å². The SMILES string of the molecule is CNS(=O)(=O)C1CCN(C(=O)/C=C/c2ccc3c(c2)CCO3)C1. The predicted molar refractivity (Wildman–Crippen MR) is 87.6 cm³/mol. The molecule has 1 amide bonds. The molecular formula is C16H20N2O4S. The van der Waals surface area contributed by atoms with Gasteiger partial charge in [0, 0.05) is 25.6 Å². The summed E-state index contributed by atoms with van der Waals surface area (Å²) in [5.41, 5.74) is 2.10. The van der Waals surface area contributed by atoms with Gasteiger partial charge in [-0.15, -0.1) is 0 Å². The lowest BCUT2D eigenvalue weighted by Gasteiger charge is -2.14. The molecule has 1 saturated heterocycles. The predicted octanol–water partition coefficient (Wildman–Crippen LogP) is 0.785. The molecule has 1 unspecified atom stereocenters. The summed E-state index contributed by atoms with van der Waals surface area (Å²) in [5, 5.41) is -0.526. The summed E-state index contributed by atoms with van der Waals surface area (Å²) in [7, 11) is -1.92. The summed E-state index contributed by atoms with van der Waals surface area (Å²) in [4.78, 5) is 13.8. The Kier molecular flexibility index (Phi) is 4.41. The summed E-state index contributed by atoms with van der Waals surface area (Å²) in [6.07, 6.45) is 4.63. The van der Waals surface area contributed by atoms with E-state index in [4.69, 9.17) is 4.74 Å². The average Bonchev–Trinajstić information content (AvgIpc) is 3.21. The third-order valence-electron chi connectivity index (χ3n) is 4.31. The van der Waals surface area contributed by atoms with Crippen LogP contribution in [0.4, 0.5) is 0 Å². The van der Waals surface area contributed by atoms with Gasteiger partial charge in [0.05, 0.1) is 11.9 Å². The number of fused-ring (bicyclic) bond motifs is 1. The lowest BCUT2D eigenvalue weighted by Crippen LogP contribution is -2.35. The number of ether oxygens (including phenoxy) is 1. The van der Waals surface area contributed by atoms with E-state index in [2.05, 4.69) is 4.72 Å². The zero-order chi connectivity index (χ0) is 16.4. The molecule has 23 heavy (non-hydrogen) atoms. The normalized spacial score (nSPS) is 20.7. The molecule has 2 heterocycles. The Labute approximate surface area is 136 Å². The Morgan fingerprint density at radius 3 is 3.04 bits per heavy atom. The molecule has 2 aliphatic rings. The van der Waals surface area contributed by atoms with Crippen LogP contribution in [-0.2, 0) is 21.2 Å². The number of carbonyl (C=O) groups is 1. The van der Waals surface area contributed by atoms with Crippen LogP contribution in [0.15, 0.2) is 24.3 Å². The fraction of sp³-hybridized carbons (Fsp3) is 0.438. The summed E-state index contributed by atoms with van der Waals surface area (Å²) in [6.45, 7) is 1.41. The van der Waals surface area contributed by atoms with Crippen molar-refractivity contribution in [3.8, 4) is 5.75 Å². The molecule has 0 radical (unpaired) electrons. The number of likely N-dealkylation sites (tertiary alicyclic amines) is 1. The largest absolute Gasteiger partial charge is 0.493 e. The van der Waals surface area contributed by atoms with Gasteiger partial charge in [0.2, 0.25) is 15.9 Å². The average molecular weight is 336 g/mol. The number of rotatable bonds is 4. The van der Waals surface area contributed by atoms with E-state index in [0.29, 0.717) is 19.6 Å². The third-order valence-corrected chi connectivity index (χ3v) is 6.14.